The summed E-state index contributed by atoms with van der Waals surface area (Å²) >= 11 is 0. The molecular weight excluding hydrogens is 432 g/mol. The van der Waals surface area contributed by atoms with Crippen LogP contribution in [0.4, 0.5) is 0 Å². The van der Waals surface area contributed by atoms with Crippen molar-refractivity contribution < 1.29 is 24.5 Å². The first kappa shape index (κ1) is 25.3. The van der Waals surface area contributed by atoms with Crippen LogP contribution in [0.1, 0.15) is 56.3 Å². The fourth-order valence-electron chi connectivity index (χ4n) is 4.29. The van der Waals surface area contributed by atoms with Gasteiger partial charge in [-0.25, -0.2) is 0 Å². The first-order chi connectivity index (χ1) is 16.2. The highest BCUT2D eigenvalue weighted by Crippen LogP contribution is 2.41. The molecule has 1 atom stereocenters. The maximum Gasteiger partial charge on any atom is 0.295 e. The molecule has 1 unspecified atom stereocenters. The normalized spacial score (nSPS) is 17.7. The standard InChI is InChI=1S/C27H34N2O5/c1-6-28(7-2)14-15-29-24(19-10-8-18(9-11-19)17(3)4)23(26(32)27(29)33)25(31)21-13-12-20(34-5)16-22(21)30/h8-13,16-17,24,30-31H,6-7,14-15H2,1-5H3. The Bertz CT molecular complexity index is 1070. The van der Waals surface area contributed by atoms with Crippen molar-refractivity contribution in [3.05, 3.63) is 64.7 Å². The van der Waals surface area contributed by atoms with E-state index in [1.165, 1.54) is 24.1 Å². The zero-order valence-electron chi connectivity index (χ0n) is 20.5. The number of ether oxygens (including phenoxy) is 1. The molecule has 2 aromatic carbocycles. The van der Waals surface area contributed by atoms with Crippen molar-refractivity contribution in [2.45, 2.75) is 39.7 Å². The van der Waals surface area contributed by atoms with Gasteiger partial charge in [-0.05, 0) is 42.3 Å². The van der Waals surface area contributed by atoms with Crippen molar-refractivity contribution >= 4 is 17.4 Å². The van der Waals surface area contributed by atoms with Gasteiger partial charge in [0.15, 0.2) is 0 Å². The number of carbonyl (C=O) groups excluding carboxylic acids is 2. The summed E-state index contributed by atoms with van der Waals surface area (Å²) < 4.78 is 5.12. The number of amides is 1. The lowest BCUT2D eigenvalue weighted by Gasteiger charge is -2.28. The molecule has 1 fully saturated rings. The Hall–Kier alpha value is -3.32. The fourth-order valence-corrected chi connectivity index (χ4v) is 4.29. The van der Waals surface area contributed by atoms with Crippen LogP contribution in [0.15, 0.2) is 48.0 Å². The van der Waals surface area contributed by atoms with Gasteiger partial charge in [-0.2, -0.15) is 0 Å². The molecule has 7 nitrogen and oxygen atoms in total. The number of hydrogen-bond donors (Lipinski definition) is 2. The molecule has 1 saturated heterocycles. The Morgan fingerprint density at radius 2 is 1.74 bits per heavy atom. The summed E-state index contributed by atoms with van der Waals surface area (Å²) in [4.78, 5) is 30.0. The van der Waals surface area contributed by atoms with Gasteiger partial charge < -0.3 is 24.7 Å². The largest absolute Gasteiger partial charge is 0.507 e. The number of benzene rings is 2. The number of nitrogens with zero attached hydrogens (tertiary/aromatic N) is 2. The monoisotopic (exact) mass is 466 g/mol. The van der Waals surface area contributed by atoms with Crippen LogP contribution in [0.3, 0.4) is 0 Å². The molecule has 0 aliphatic carbocycles. The highest BCUT2D eigenvalue weighted by atomic mass is 16.5. The van der Waals surface area contributed by atoms with Gasteiger partial charge >= 0.3 is 0 Å². The number of carbonyl (C=O) groups is 2. The Morgan fingerprint density at radius 3 is 2.26 bits per heavy atom. The number of rotatable bonds is 9. The molecule has 182 valence electrons. The molecule has 2 aromatic rings. The molecule has 2 N–H and O–H groups in total. The van der Waals surface area contributed by atoms with Gasteiger partial charge in [0.05, 0.1) is 24.3 Å². The summed E-state index contributed by atoms with van der Waals surface area (Å²) in [5, 5.41) is 21.7. The summed E-state index contributed by atoms with van der Waals surface area (Å²) in [6, 6.07) is 11.4. The van der Waals surface area contributed by atoms with Gasteiger partial charge in [-0.1, -0.05) is 52.0 Å². The van der Waals surface area contributed by atoms with E-state index < -0.39 is 23.5 Å². The Kier molecular flexibility index (Phi) is 7.99. The molecule has 1 heterocycles. The smallest absolute Gasteiger partial charge is 0.295 e. The summed E-state index contributed by atoms with van der Waals surface area (Å²) in [6.45, 7) is 10.9. The number of phenolic OH excluding ortho intramolecular Hbond substituents is 1. The summed E-state index contributed by atoms with van der Waals surface area (Å²) in [5.74, 6) is -1.31. The van der Waals surface area contributed by atoms with E-state index >= 15 is 0 Å². The number of likely N-dealkylation sites (N-methyl/N-ethyl adjacent to an activating group) is 1. The van der Waals surface area contributed by atoms with E-state index in [0.717, 1.165) is 24.2 Å². The number of aromatic hydroxyl groups is 1. The van der Waals surface area contributed by atoms with Gasteiger partial charge in [0.25, 0.3) is 11.7 Å². The van der Waals surface area contributed by atoms with Crippen LogP contribution in [0.25, 0.3) is 5.76 Å². The molecule has 1 aliphatic rings. The Labute approximate surface area is 201 Å². The fraction of sp³-hybridized carbons (Fsp3) is 0.407. The van der Waals surface area contributed by atoms with Gasteiger partial charge in [0.1, 0.15) is 17.3 Å². The highest BCUT2D eigenvalue weighted by molar-refractivity contribution is 6.46. The minimum Gasteiger partial charge on any atom is -0.507 e. The molecule has 0 saturated carbocycles. The Balaban J connectivity index is 2.12. The number of aliphatic hydroxyl groups excluding tert-OH is 1. The van der Waals surface area contributed by atoms with Crippen LogP contribution in [-0.4, -0.2) is 65.0 Å². The van der Waals surface area contributed by atoms with Crippen LogP contribution in [0.5, 0.6) is 11.5 Å². The topological polar surface area (TPSA) is 90.3 Å². The maximum atomic E-state index is 13.2. The predicted octanol–water partition coefficient (Wildman–Crippen LogP) is 4.29. The zero-order valence-corrected chi connectivity index (χ0v) is 20.5. The van der Waals surface area contributed by atoms with E-state index in [1.807, 2.05) is 38.1 Å². The number of aliphatic hydroxyl groups is 1. The van der Waals surface area contributed by atoms with E-state index in [0.29, 0.717) is 24.8 Å². The van der Waals surface area contributed by atoms with Gasteiger partial charge in [0, 0.05) is 19.2 Å². The van der Waals surface area contributed by atoms with Crippen molar-refractivity contribution in [1.29, 1.82) is 0 Å². The van der Waals surface area contributed by atoms with Crippen LogP contribution in [0, 0.1) is 0 Å². The van der Waals surface area contributed by atoms with Crippen LogP contribution in [-0.2, 0) is 9.59 Å². The minimum atomic E-state index is -0.759. The maximum absolute atomic E-state index is 13.2. The van der Waals surface area contributed by atoms with Gasteiger partial charge in [0.2, 0.25) is 0 Å². The molecule has 34 heavy (non-hydrogen) atoms. The third-order valence-corrected chi connectivity index (χ3v) is 6.47. The van der Waals surface area contributed by atoms with Crippen molar-refractivity contribution in [3.8, 4) is 11.5 Å². The van der Waals surface area contributed by atoms with Crippen LogP contribution >= 0.6 is 0 Å². The van der Waals surface area contributed by atoms with Gasteiger partial charge in [-0.3, -0.25) is 9.59 Å². The molecule has 0 radical (unpaired) electrons. The second-order valence-corrected chi connectivity index (χ2v) is 8.72. The van der Waals surface area contributed by atoms with Crippen molar-refractivity contribution in [3.63, 3.8) is 0 Å². The van der Waals surface area contributed by atoms with E-state index in [9.17, 15) is 19.8 Å². The van der Waals surface area contributed by atoms with Crippen LogP contribution in [0.2, 0.25) is 0 Å². The zero-order chi connectivity index (χ0) is 25.0. The van der Waals surface area contributed by atoms with Crippen molar-refractivity contribution in [2.24, 2.45) is 0 Å². The Morgan fingerprint density at radius 1 is 1.09 bits per heavy atom. The average Bonchev–Trinajstić information content (AvgIpc) is 3.09. The number of likely N-dealkylation sites (tertiary alicyclic amines) is 1. The quantitative estimate of drug-likeness (QED) is 0.326. The number of methoxy groups -OCH3 is 1. The van der Waals surface area contributed by atoms with E-state index in [2.05, 4.69) is 18.7 Å². The van der Waals surface area contributed by atoms with Crippen molar-refractivity contribution in [2.75, 3.05) is 33.3 Å². The number of ketones is 1. The predicted molar refractivity (Wildman–Crippen MR) is 132 cm³/mol. The third kappa shape index (κ3) is 4.94. The SMILES string of the molecule is CCN(CC)CCN1C(=O)C(=O)C(=C(O)c2ccc(OC)cc2O)C1c1ccc(C(C)C)cc1. The van der Waals surface area contributed by atoms with E-state index in [-0.39, 0.29) is 16.9 Å². The molecule has 0 spiro atoms. The average molecular weight is 467 g/mol. The van der Waals surface area contributed by atoms with Crippen molar-refractivity contribution in [1.82, 2.24) is 9.80 Å². The van der Waals surface area contributed by atoms with Crippen LogP contribution < -0.4 is 4.74 Å². The minimum absolute atomic E-state index is 0.0256. The lowest BCUT2D eigenvalue weighted by molar-refractivity contribution is -0.140. The summed E-state index contributed by atoms with van der Waals surface area (Å²) in [6.07, 6.45) is 0. The third-order valence-electron chi connectivity index (χ3n) is 6.47. The van der Waals surface area contributed by atoms with E-state index in [4.69, 9.17) is 4.74 Å². The first-order valence-electron chi connectivity index (χ1n) is 11.7. The first-order valence-corrected chi connectivity index (χ1v) is 11.7. The summed E-state index contributed by atoms with van der Waals surface area (Å²) in [5.41, 5.74) is 1.92. The van der Waals surface area contributed by atoms with E-state index in [1.54, 1.807) is 6.07 Å². The number of hydrogen-bond acceptors (Lipinski definition) is 6. The molecular formula is C27H34N2O5. The summed E-state index contributed by atoms with van der Waals surface area (Å²) in [7, 11) is 1.47. The second kappa shape index (κ2) is 10.7. The molecule has 0 bridgehead atoms. The van der Waals surface area contributed by atoms with Gasteiger partial charge in [-0.15, -0.1) is 0 Å². The number of phenols is 1. The highest BCUT2D eigenvalue weighted by Gasteiger charge is 2.46. The molecule has 0 aromatic heterocycles. The number of Topliss-reactive ketones (excluding diaryl/α,β-unsaturated/α-hetero) is 1. The second-order valence-electron chi connectivity index (χ2n) is 8.72. The molecule has 3 rings (SSSR count). The lowest BCUT2D eigenvalue weighted by Crippen LogP contribution is -2.38. The molecule has 1 aliphatic heterocycles. The lowest BCUT2D eigenvalue weighted by atomic mass is 9.93. The molecule has 1 amide bonds. The molecule has 7 heteroatoms.